The van der Waals surface area contributed by atoms with Crippen LogP contribution < -0.4 is 0 Å². The monoisotopic (exact) mass is 304 g/mol. The number of aliphatic hydroxyl groups excluding tert-OH is 1. The molecule has 1 saturated heterocycles. The second-order valence-electron chi connectivity index (χ2n) is 5.80. The van der Waals surface area contributed by atoms with Gasteiger partial charge >= 0.3 is 0 Å². The Morgan fingerprint density at radius 3 is 2.95 bits per heavy atom. The molecule has 6 heteroatoms. The van der Waals surface area contributed by atoms with Gasteiger partial charge in [0.1, 0.15) is 18.5 Å². The van der Waals surface area contributed by atoms with E-state index in [0.29, 0.717) is 18.2 Å². The Morgan fingerprint density at radius 2 is 2.18 bits per heavy atom. The molecule has 1 fully saturated rings. The van der Waals surface area contributed by atoms with E-state index in [1.807, 2.05) is 4.68 Å². The second-order valence-corrected chi connectivity index (χ2v) is 5.80. The Morgan fingerprint density at radius 1 is 1.32 bits per heavy atom. The third-order valence-corrected chi connectivity index (χ3v) is 4.29. The lowest BCUT2D eigenvalue weighted by molar-refractivity contribution is 0.0574. The minimum atomic E-state index is -0.808. The second kappa shape index (κ2) is 6.98. The molecule has 5 nitrogen and oxygen atoms in total. The van der Waals surface area contributed by atoms with Crippen LogP contribution in [0.2, 0.25) is 0 Å². The highest BCUT2D eigenvalue weighted by atomic mass is 19.1. The highest BCUT2D eigenvalue weighted by Gasteiger charge is 2.26. The smallest absolute Gasteiger partial charge is 0.137 e. The van der Waals surface area contributed by atoms with Crippen molar-refractivity contribution < 1.29 is 9.50 Å². The molecule has 1 aliphatic rings. The van der Waals surface area contributed by atoms with Gasteiger partial charge < -0.3 is 5.11 Å². The normalized spacial score (nSPS) is 20.9. The number of piperidine rings is 1. The molecular formula is C16H21FN4O. The molecule has 0 radical (unpaired) electrons. The molecular weight excluding hydrogens is 283 g/mol. The summed E-state index contributed by atoms with van der Waals surface area (Å²) in [4.78, 5) is 6.21. The molecule has 118 valence electrons. The fourth-order valence-electron chi connectivity index (χ4n) is 3.12. The number of aliphatic hydroxyl groups is 1. The number of β-amino-alcohol motifs (C(OH)–C–C–N with tert-alkyl or cyclic N) is 1. The lowest BCUT2D eigenvalue weighted by Crippen LogP contribution is -2.44. The van der Waals surface area contributed by atoms with Gasteiger partial charge in [-0.25, -0.2) is 9.37 Å². The largest absolute Gasteiger partial charge is 0.387 e. The first-order valence-corrected chi connectivity index (χ1v) is 7.73. The highest BCUT2D eigenvalue weighted by Crippen LogP contribution is 2.23. The highest BCUT2D eigenvalue weighted by molar-refractivity contribution is 5.20. The van der Waals surface area contributed by atoms with Crippen molar-refractivity contribution in [1.82, 2.24) is 19.7 Å². The predicted molar refractivity (Wildman–Crippen MR) is 80.6 cm³/mol. The average molecular weight is 304 g/mol. The molecule has 3 rings (SSSR count). The van der Waals surface area contributed by atoms with Gasteiger partial charge in [0, 0.05) is 18.2 Å². The number of rotatable bonds is 5. The molecule has 2 atom stereocenters. The molecule has 2 aromatic rings. The van der Waals surface area contributed by atoms with E-state index < -0.39 is 6.10 Å². The van der Waals surface area contributed by atoms with E-state index in [1.54, 1.807) is 24.5 Å². The van der Waals surface area contributed by atoms with Gasteiger partial charge in [-0.2, -0.15) is 5.10 Å². The fourth-order valence-corrected chi connectivity index (χ4v) is 3.12. The minimum absolute atomic E-state index is 0.303. The molecule has 1 aromatic heterocycles. The van der Waals surface area contributed by atoms with Crippen LogP contribution in [0.1, 0.15) is 30.9 Å². The van der Waals surface area contributed by atoms with E-state index in [0.717, 1.165) is 25.9 Å². The van der Waals surface area contributed by atoms with Crippen LogP contribution in [0.5, 0.6) is 0 Å². The Kier molecular flexibility index (Phi) is 4.80. The number of hydrogen-bond acceptors (Lipinski definition) is 4. The molecule has 22 heavy (non-hydrogen) atoms. The summed E-state index contributed by atoms with van der Waals surface area (Å²) in [7, 11) is 0. The van der Waals surface area contributed by atoms with E-state index in [4.69, 9.17) is 0 Å². The van der Waals surface area contributed by atoms with Gasteiger partial charge in [-0.15, -0.1) is 0 Å². The number of benzene rings is 1. The molecule has 2 unspecified atom stereocenters. The average Bonchev–Trinajstić information content (AvgIpc) is 3.02. The van der Waals surface area contributed by atoms with Gasteiger partial charge in [-0.1, -0.05) is 24.6 Å². The van der Waals surface area contributed by atoms with Gasteiger partial charge in [-0.05, 0) is 25.5 Å². The van der Waals surface area contributed by atoms with Crippen LogP contribution in [0.3, 0.4) is 0 Å². The van der Waals surface area contributed by atoms with E-state index in [9.17, 15) is 9.50 Å². The summed E-state index contributed by atoms with van der Waals surface area (Å²) < 4.78 is 15.6. The molecule has 0 amide bonds. The standard InChI is InChI=1S/C16H21FN4O/c17-15-7-2-1-6-14(15)16(22)10-20-8-4-3-5-13(20)9-21-12-18-11-19-21/h1-2,6-7,11-13,16,22H,3-5,8-10H2. The zero-order valence-electron chi connectivity index (χ0n) is 12.5. The Bertz CT molecular complexity index is 590. The van der Waals surface area contributed by atoms with Gasteiger partial charge in [0.15, 0.2) is 0 Å². The molecule has 2 heterocycles. The number of hydrogen-bond donors (Lipinski definition) is 1. The number of nitrogens with zero attached hydrogens (tertiary/aromatic N) is 4. The van der Waals surface area contributed by atoms with Gasteiger partial charge in [0.25, 0.3) is 0 Å². The van der Waals surface area contributed by atoms with E-state index >= 15 is 0 Å². The minimum Gasteiger partial charge on any atom is -0.387 e. The van der Waals surface area contributed by atoms with Crippen molar-refractivity contribution in [2.75, 3.05) is 13.1 Å². The maximum atomic E-state index is 13.8. The number of halogens is 1. The molecule has 0 bridgehead atoms. The summed E-state index contributed by atoms with van der Waals surface area (Å²) in [5.41, 5.74) is 0.368. The lowest BCUT2D eigenvalue weighted by atomic mass is 10.00. The summed E-state index contributed by atoms with van der Waals surface area (Å²) in [6.45, 7) is 2.12. The van der Waals surface area contributed by atoms with Crippen LogP contribution in [-0.4, -0.2) is 43.9 Å². The van der Waals surface area contributed by atoms with Gasteiger partial charge in [0.05, 0.1) is 12.6 Å². The molecule has 1 N–H and O–H groups in total. The van der Waals surface area contributed by atoms with Crippen molar-refractivity contribution in [3.05, 3.63) is 48.3 Å². The van der Waals surface area contributed by atoms with Crippen molar-refractivity contribution in [1.29, 1.82) is 0 Å². The molecule has 0 saturated carbocycles. The van der Waals surface area contributed by atoms with Crippen LogP contribution in [0.15, 0.2) is 36.9 Å². The maximum absolute atomic E-state index is 13.8. The van der Waals surface area contributed by atoms with Crippen molar-refractivity contribution in [3.8, 4) is 0 Å². The predicted octanol–water partition coefficient (Wildman–Crippen LogP) is 2.01. The third-order valence-electron chi connectivity index (χ3n) is 4.29. The van der Waals surface area contributed by atoms with Crippen LogP contribution in [0.25, 0.3) is 0 Å². The Balaban J connectivity index is 1.67. The van der Waals surface area contributed by atoms with Crippen molar-refractivity contribution in [2.45, 2.75) is 38.0 Å². The third kappa shape index (κ3) is 3.51. The summed E-state index contributed by atoms with van der Waals surface area (Å²) in [6.07, 6.45) is 5.77. The van der Waals surface area contributed by atoms with Crippen molar-refractivity contribution in [3.63, 3.8) is 0 Å². The molecule has 0 aliphatic carbocycles. The first kappa shape index (κ1) is 15.1. The fraction of sp³-hybridized carbons (Fsp3) is 0.500. The van der Waals surface area contributed by atoms with Crippen LogP contribution in [0, 0.1) is 5.82 Å². The van der Waals surface area contributed by atoms with E-state index in [2.05, 4.69) is 15.0 Å². The van der Waals surface area contributed by atoms with Gasteiger partial charge in [0.2, 0.25) is 0 Å². The summed E-state index contributed by atoms with van der Waals surface area (Å²) in [6, 6.07) is 6.74. The van der Waals surface area contributed by atoms with E-state index in [-0.39, 0.29) is 5.82 Å². The van der Waals surface area contributed by atoms with Crippen LogP contribution in [0.4, 0.5) is 4.39 Å². The first-order valence-electron chi connectivity index (χ1n) is 7.73. The van der Waals surface area contributed by atoms with Crippen LogP contribution in [-0.2, 0) is 6.54 Å². The van der Waals surface area contributed by atoms with Crippen LogP contribution >= 0.6 is 0 Å². The van der Waals surface area contributed by atoms with Gasteiger partial charge in [-0.3, -0.25) is 9.58 Å². The zero-order chi connectivity index (χ0) is 15.4. The zero-order valence-corrected chi connectivity index (χ0v) is 12.5. The van der Waals surface area contributed by atoms with Crippen molar-refractivity contribution in [2.24, 2.45) is 0 Å². The summed E-state index contributed by atoms with van der Waals surface area (Å²) in [5.74, 6) is -0.347. The molecule has 1 aliphatic heterocycles. The van der Waals surface area contributed by atoms with E-state index in [1.165, 1.54) is 18.8 Å². The van der Waals surface area contributed by atoms with Crippen molar-refractivity contribution >= 4 is 0 Å². The quantitative estimate of drug-likeness (QED) is 0.918. The SMILES string of the molecule is OC(CN1CCCCC1Cn1cncn1)c1ccccc1F. The number of likely N-dealkylation sites (tertiary alicyclic amines) is 1. The summed E-state index contributed by atoms with van der Waals surface area (Å²) >= 11 is 0. The molecule has 0 spiro atoms. The molecule has 1 aromatic carbocycles. The first-order chi connectivity index (χ1) is 10.7. The maximum Gasteiger partial charge on any atom is 0.137 e. The number of aromatic nitrogens is 3. The summed E-state index contributed by atoms with van der Waals surface area (Å²) in [5, 5.41) is 14.5. The lowest BCUT2D eigenvalue weighted by Gasteiger charge is -2.36. The Labute approximate surface area is 129 Å². The topological polar surface area (TPSA) is 54.2 Å². The Hall–Kier alpha value is -1.79.